The molecule has 1 aliphatic carbocycles. The molecule has 12 rings (SSSR count). The van der Waals surface area contributed by atoms with Crippen molar-refractivity contribution >= 4 is 65.2 Å². The van der Waals surface area contributed by atoms with Crippen LogP contribution >= 0.6 is 0 Å². The normalized spacial score (nSPS) is 13.6. The summed E-state index contributed by atoms with van der Waals surface area (Å²) in [5.41, 5.74) is 14.4. The summed E-state index contributed by atoms with van der Waals surface area (Å²) in [5.74, 6) is 0. The van der Waals surface area contributed by atoms with Crippen molar-refractivity contribution in [2.45, 2.75) is 19.3 Å². The van der Waals surface area contributed by atoms with Crippen molar-refractivity contribution in [1.82, 2.24) is 4.57 Å². The quantitative estimate of drug-likeness (QED) is 0.171. The van der Waals surface area contributed by atoms with E-state index in [1.807, 2.05) is 6.07 Å². The molecule has 0 radical (unpaired) electrons. The molecule has 0 bridgehead atoms. The Balaban J connectivity index is 1.11. The van der Waals surface area contributed by atoms with Gasteiger partial charge in [-0.1, -0.05) is 147 Å². The molecule has 0 atom stereocenters. The van der Waals surface area contributed by atoms with E-state index in [0.29, 0.717) is 0 Å². The monoisotopic (exact) mass is 675 g/mol. The molecule has 0 fully saturated rings. The minimum absolute atomic E-state index is 0.134. The number of benzene rings is 9. The van der Waals surface area contributed by atoms with Gasteiger partial charge in [0.15, 0.2) is 0 Å². The molecule has 2 heterocycles. The summed E-state index contributed by atoms with van der Waals surface area (Å²) in [6.07, 6.45) is 0. The minimum Gasteiger partial charge on any atom is -0.455 e. The highest BCUT2D eigenvalue weighted by Crippen LogP contribution is 2.54. The summed E-state index contributed by atoms with van der Waals surface area (Å²) in [4.78, 5) is 0. The summed E-state index contributed by atoms with van der Waals surface area (Å²) in [6.45, 7) is 4.78. The fourth-order valence-electron chi connectivity index (χ4n) is 9.81. The summed E-state index contributed by atoms with van der Waals surface area (Å²) in [6, 6.07) is 60.3. The van der Waals surface area contributed by atoms with E-state index >= 15 is 0 Å². The van der Waals surface area contributed by atoms with Crippen LogP contribution in [0.25, 0.3) is 104 Å². The van der Waals surface area contributed by atoms with Gasteiger partial charge < -0.3 is 8.98 Å². The van der Waals surface area contributed by atoms with Crippen LogP contribution in [0, 0.1) is 0 Å². The van der Waals surface area contributed by atoms with E-state index in [9.17, 15) is 0 Å². The molecule has 0 aliphatic heterocycles. The van der Waals surface area contributed by atoms with E-state index < -0.39 is 0 Å². The average Bonchev–Trinajstić information content (AvgIpc) is 3.83. The van der Waals surface area contributed by atoms with Gasteiger partial charge >= 0.3 is 0 Å². The fourth-order valence-corrected chi connectivity index (χ4v) is 9.81. The van der Waals surface area contributed by atoms with Gasteiger partial charge in [0.1, 0.15) is 11.2 Å². The van der Waals surface area contributed by atoms with E-state index in [1.54, 1.807) is 0 Å². The zero-order valence-corrected chi connectivity index (χ0v) is 29.4. The summed E-state index contributed by atoms with van der Waals surface area (Å²) < 4.78 is 9.02. The second-order valence-corrected chi connectivity index (χ2v) is 15.2. The Morgan fingerprint density at radius 2 is 1.13 bits per heavy atom. The SMILES string of the molecule is CC1(C)c2ccccc2-c2c1c1cc(-c3ccc4ccc5c(-c6cccc7c6oc6ccccc67)ccc6ccc3c4c65)ccc1n2-c1ccccc1. The molecule has 0 saturated heterocycles. The second-order valence-electron chi connectivity index (χ2n) is 15.2. The Labute approximate surface area is 306 Å². The highest BCUT2D eigenvalue weighted by molar-refractivity contribution is 6.28. The fraction of sp³-hybridized carbons (Fsp3) is 0.0588. The van der Waals surface area contributed by atoms with Gasteiger partial charge in [-0.25, -0.2) is 0 Å². The average molecular weight is 676 g/mol. The number of rotatable bonds is 3. The third-order valence-electron chi connectivity index (χ3n) is 12.1. The van der Waals surface area contributed by atoms with Crippen molar-refractivity contribution in [2.24, 2.45) is 0 Å². The molecule has 9 aromatic carbocycles. The van der Waals surface area contributed by atoms with Crippen molar-refractivity contribution in [1.29, 1.82) is 0 Å². The van der Waals surface area contributed by atoms with Crippen LogP contribution in [-0.2, 0) is 5.41 Å². The molecule has 1 aliphatic rings. The lowest BCUT2D eigenvalue weighted by Gasteiger charge is -2.21. The topological polar surface area (TPSA) is 18.1 Å². The van der Waals surface area contributed by atoms with Gasteiger partial charge in [0.05, 0.1) is 11.2 Å². The molecule has 2 heteroatoms. The molecule has 11 aromatic rings. The van der Waals surface area contributed by atoms with Crippen molar-refractivity contribution in [3.8, 4) is 39.2 Å². The summed E-state index contributed by atoms with van der Waals surface area (Å²) >= 11 is 0. The molecule has 248 valence electrons. The summed E-state index contributed by atoms with van der Waals surface area (Å²) in [7, 11) is 0. The van der Waals surface area contributed by atoms with Gasteiger partial charge in [0, 0.05) is 38.4 Å². The number of fused-ring (bicyclic) bond motifs is 8. The molecular formula is C51H33NO. The van der Waals surface area contributed by atoms with Crippen LogP contribution in [-0.4, -0.2) is 4.57 Å². The molecule has 53 heavy (non-hydrogen) atoms. The maximum Gasteiger partial charge on any atom is 0.143 e. The second kappa shape index (κ2) is 10.2. The Bertz CT molecular complexity index is 3300. The number of aromatic nitrogens is 1. The number of para-hydroxylation sites is 3. The number of hydrogen-bond donors (Lipinski definition) is 0. The largest absolute Gasteiger partial charge is 0.455 e. The predicted octanol–water partition coefficient (Wildman–Crippen LogP) is 14.1. The number of furan rings is 1. The highest BCUT2D eigenvalue weighted by atomic mass is 16.3. The van der Waals surface area contributed by atoms with E-state index in [1.165, 1.54) is 88.0 Å². The van der Waals surface area contributed by atoms with Crippen molar-refractivity contribution in [3.63, 3.8) is 0 Å². The molecule has 2 nitrogen and oxygen atoms in total. The first-order valence-corrected chi connectivity index (χ1v) is 18.5. The zero-order chi connectivity index (χ0) is 35.0. The van der Waals surface area contributed by atoms with Crippen LogP contribution in [0.5, 0.6) is 0 Å². The lowest BCUT2D eigenvalue weighted by Crippen LogP contribution is -2.14. The van der Waals surface area contributed by atoms with Crippen molar-refractivity contribution in [2.75, 3.05) is 0 Å². The van der Waals surface area contributed by atoms with Gasteiger partial charge in [-0.05, 0) is 90.5 Å². The minimum atomic E-state index is -0.134. The molecule has 0 unspecified atom stereocenters. The van der Waals surface area contributed by atoms with Gasteiger partial charge in [0.2, 0.25) is 0 Å². The molecular weight excluding hydrogens is 643 g/mol. The van der Waals surface area contributed by atoms with Gasteiger partial charge in [-0.3, -0.25) is 0 Å². The Morgan fingerprint density at radius 3 is 1.96 bits per heavy atom. The Kier molecular flexibility index (Phi) is 5.60. The van der Waals surface area contributed by atoms with Crippen molar-refractivity contribution in [3.05, 3.63) is 175 Å². The molecule has 0 saturated carbocycles. The molecule has 2 aromatic heterocycles. The molecule has 0 N–H and O–H groups in total. The van der Waals surface area contributed by atoms with Crippen LogP contribution < -0.4 is 0 Å². The van der Waals surface area contributed by atoms with E-state index in [0.717, 1.165) is 27.5 Å². The van der Waals surface area contributed by atoms with Gasteiger partial charge in [-0.2, -0.15) is 0 Å². The third kappa shape index (κ3) is 3.77. The highest BCUT2D eigenvalue weighted by Gasteiger charge is 2.40. The van der Waals surface area contributed by atoms with Gasteiger partial charge in [0.25, 0.3) is 0 Å². The van der Waals surface area contributed by atoms with Crippen LogP contribution in [0.15, 0.2) is 168 Å². The predicted molar refractivity (Wildman–Crippen MR) is 223 cm³/mol. The lowest BCUT2D eigenvalue weighted by molar-refractivity contribution is 0.666. The van der Waals surface area contributed by atoms with E-state index in [-0.39, 0.29) is 5.41 Å². The standard InChI is InChI=1S/C51H33NO/c1-51(2)43-17-8-6-14-41(43)49-48(51)42-29-32(23-28-44(42)52(49)33-11-4-3-5-12-33)34-24-19-30-22-27-38-35(25-20-31-21-26-37(34)46(30)47(31)38)39-15-10-16-40-36-13-7-9-18-45(36)53-50(39)40/h3-29H,1-2H3. The lowest BCUT2D eigenvalue weighted by atomic mass is 9.81. The van der Waals surface area contributed by atoms with Crippen molar-refractivity contribution < 1.29 is 4.42 Å². The third-order valence-corrected chi connectivity index (χ3v) is 12.1. The maximum atomic E-state index is 6.54. The van der Waals surface area contributed by atoms with Crippen LogP contribution in [0.1, 0.15) is 25.0 Å². The zero-order valence-electron chi connectivity index (χ0n) is 29.4. The number of hydrogen-bond acceptors (Lipinski definition) is 1. The van der Waals surface area contributed by atoms with Crippen LogP contribution in [0.3, 0.4) is 0 Å². The smallest absolute Gasteiger partial charge is 0.143 e. The van der Waals surface area contributed by atoms with Gasteiger partial charge in [-0.15, -0.1) is 0 Å². The van der Waals surface area contributed by atoms with E-state index in [2.05, 4.69) is 176 Å². The van der Waals surface area contributed by atoms with Crippen LogP contribution in [0.4, 0.5) is 0 Å². The molecule has 0 amide bonds. The Morgan fingerprint density at radius 1 is 0.472 bits per heavy atom. The molecule has 0 spiro atoms. The van der Waals surface area contributed by atoms with E-state index in [4.69, 9.17) is 4.42 Å². The van der Waals surface area contributed by atoms with Crippen LogP contribution in [0.2, 0.25) is 0 Å². The Hall–Kier alpha value is -6.64. The first kappa shape index (κ1) is 29.0. The number of nitrogens with zero attached hydrogens (tertiary/aromatic N) is 1. The maximum absolute atomic E-state index is 6.54. The first-order chi connectivity index (χ1) is 26.1. The first-order valence-electron chi connectivity index (χ1n) is 18.5. The summed E-state index contributed by atoms with van der Waals surface area (Å²) in [5, 5.41) is 11.3.